The number of benzene rings is 1. The summed E-state index contributed by atoms with van der Waals surface area (Å²) >= 11 is 0. The molecule has 0 heterocycles. The molecule has 1 aliphatic rings. The van der Waals surface area contributed by atoms with Crippen LogP contribution in [-0.4, -0.2) is 16.7 Å². The Labute approximate surface area is 106 Å². The Morgan fingerprint density at radius 1 is 1.22 bits per heavy atom. The van der Waals surface area contributed by atoms with Crippen molar-refractivity contribution < 1.29 is 9.72 Å². The van der Waals surface area contributed by atoms with Crippen LogP contribution in [0.5, 0.6) is 0 Å². The van der Waals surface area contributed by atoms with E-state index in [1.807, 2.05) is 37.3 Å². The SMILES string of the molecule is CC1CC([N+](=O)[O-])C(c2ccccc2)C(C)C1=O. The molecule has 0 aliphatic heterocycles. The topological polar surface area (TPSA) is 60.2 Å². The van der Waals surface area contributed by atoms with Crippen molar-refractivity contribution in [3.05, 3.63) is 46.0 Å². The normalized spacial score (nSPS) is 32.2. The molecule has 1 aromatic carbocycles. The highest BCUT2D eigenvalue weighted by Gasteiger charge is 2.46. The van der Waals surface area contributed by atoms with Gasteiger partial charge in [-0.25, -0.2) is 0 Å². The van der Waals surface area contributed by atoms with E-state index in [1.54, 1.807) is 6.92 Å². The van der Waals surface area contributed by atoms with Crippen LogP contribution in [0.25, 0.3) is 0 Å². The Morgan fingerprint density at radius 3 is 2.39 bits per heavy atom. The molecule has 0 N–H and O–H groups in total. The summed E-state index contributed by atoms with van der Waals surface area (Å²) in [5, 5.41) is 11.2. The van der Waals surface area contributed by atoms with E-state index in [0.717, 1.165) is 5.56 Å². The molecule has 0 amide bonds. The summed E-state index contributed by atoms with van der Waals surface area (Å²) in [7, 11) is 0. The van der Waals surface area contributed by atoms with Gasteiger partial charge in [0.05, 0.1) is 5.92 Å². The number of Topliss-reactive ketones (excluding diaryl/α,β-unsaturated/α-hetero) is 1. The molecule has 4 nitrogen and oxygen atoms in total. The second-order valence-corrected chi connectivity index (χ2v) is 5.12. The third kappa shape index (κ3) is 2.15. The molecule has 0 radical (unpaired) electrons. The summed E-state index contributed by atoms with van der Waals surface area (Å²) in [6, 6.07) is 8.70. The molecule has 96 valence electrons. The first-order valence-electron chi connectivity index (χ1n) is 6.24. The van der Waals surface area contributed by atoms with Crippen LogP contribution in [0, 0.1) is 22.0 Å². The number of carbonyl (C=O) groups is 1. The summed E-state index contributed by atoms with van der Waals surface area (Å²) in [6.45, 7) is 3.60. The highest BCUT2D eigenvalue weighted by Crippen LogP contribution is 2.39. The zero-order valence-corrected chi connectivity index (χ0v) is 10.6. The van der Waals surface area contributed by atoms with Crippen molar-refractivity contribution in [1.29, 1.82) is 0 Å². The molecule has 0 bridgehead atoms. The molecule has 2 rings (SSSR count). The molecule has 4 unspecified atom stereocenters. The fourth-order valence-corrected chi connectivity index (χ4v) is 2.99. The molecule has 0 spiro atoms. The van der Waals surface area contributed by atoms with Crippen LogP contribution in [0.2, 0.25) is 0 Å². The van der Waals surface area contributed by atoms with Crippen molar-refractivity contribution in [3.8, 4) is 0 Å². The first-order chi connectivity index (χ1) is 8.52. The zero-order chi connectivity index (χ0) is 13.3. The van der Waals surface area contributed by atoms with E-state index in [-0.39, 0.29) is 28.5 Å². The van der Waals surface area contributed by atoms with Crippen LogP contribution in [0.3, 0.4) is 0 Å². The number of nitrogens with zero attached hydrogens (tertiary/aromatic N) is 1. The molecule has 0 aromatic heterocycles. The minimum absolute atomic E-state index is 0.141. The highest BCUT2D eigenvalue weighted by molar-refractivity contribution is 5.84. The largest absolute Gasteiger partial charge is 0.299 e. The zero-order valence-electron chi connectivity index (χ0n) is 10.6. The summed E-state index contributed by atoms with van der Waals surface area (Å²) < 4.78 is 0. The minimum Gasteiger partial charge on any atom is -0.299 e. The molecule has 4 atom stereocenters. The van der Waals surface area contributed by atoms with Gasteiger partial charge in [-0.3, -0.25) is 14.9 Å². The van der Waals surface area contributed by atoms with E-state index in [4.69, 9.17) is 0 Å². The molecule has 1 aliphatic carbocycles. The van der Waals surface area contributed by atoms with Crippen LogP contribution in [0.1, 0.15) is 31.7 Å². The van der Waals surface area contributed by atoms with Gasteiger partial charge in [0, 0.05) is 23.2 Å². The fraction of sp³-hybridized carbons (Fsp3) is 0.500. The van der Waals surface area contributed by atoms with Gasteiger partial charge in [-0.2, -0.15) is 0 Å². The molecule has 0 saturated heterocycles. The predicted molar refractivity (Wildman–Crippen MR) is 67.9 cm³/mol. The molecule has 18 heavy (non-hydrogen) atoms. The van der Waals surface area contributed by atoms with Gasteiger partial charge in [-0.15, -0.1) is 0 Å². The summed E-state index contributed by atoms with van der Waals surface area (Å²) in [5.41, 5.74) is 0.895. The van der Waals surface area contributed by atoms with Crippen molar-refractivity contribution >= 4 is 5.78 Å². The van der Waals surface area contributed by atoms with Gasteiger partial charge in [0.2, 0.25) is 6.04 Å². The smallest absolute Gasteiger partial charge is 0.221 e. The maximum Gasteiger partial charge on any atom is 0.221 e. The first-order valence-corrected chi connectivity index (χ1v) is 6.24. The van der Waals surface area contributed by atoms with Crippen LogP contribution in [-0.2, 0) is 4.79 Å². The Hall–Kier alpha value is -1.71. The summed E-state index contributed by atoms with van der Waals surface area (Å²) in [6.07, 6.45) is 0.343. The Balaban J connectivity index is 2.40. The van der Waals surface area contributed by atoms with Gasteiger partial charge < -0.3 is 0 Å². The molecular weight excluding hydrogens is 230 g/mol. The average Bonchev–Trinajstić information content (AvgIpc) is 2.36. The fourth-order valence-electron chi connectivity index (χ4n) is 2.99. The third-order valence-electron chi connectivity index (χ3n) is 3.94. The van der Waals surface area contributed by atoms with Gasteiger partial charge in [-0.05, 0) is 5.56 Å². The average molecular weight is 247 g/mol. The van der Waals surface area contributed by atoms with Crippen molar-refractivity contribution in [1.82, 2.24) is 0 Å². The predicted octanol–water partition coefficient (Wildman–Crippen LogP) is 2.66. The second kappa shape index (κ2) is 4.88. The number of rotatable bonds is 2. The summed E-state index contributed by atoms with van der Waals surface area (Å²) in [5.74, 6) is -0.659. The van der Waals surface area contributed by atoms with E-state index in [1.165, 1.54) is 0 Å². The minimum atomic E-state index is -0.657. The first kappa shape index (κ1) is 12.7. The van der Waals surface area contributed by atoms with E-state index >= 15 is 0 Å². The van der Waals surface area contributed by atoms with Crippen LogP contribution in [0.15, 0.2) is 30.3 Å². The van der Waals surface area contributed by atoms with Crippen LogP contribution in [0.4, 0.5) is 0 Å². The monoisotopic (exact) mass is 247 g/mol. The van der Waals surface area contributed by atoms with Gasteiger partial charge in [0.15, 0.2) is 0 Å². The van der Waals surface area contributed by atoms with E-state index in [9.17, 15) is 14.9 Å². The highest BCUT2D eigenvalue weighted by atomic mass is 16.6. The molecule has 1 aromatic rings. The second-order valence-electron chi connectivity index (χ2n) is 5.12. The standard InChI is InChI=1S/C14H17NO3/c1-9-8-12(15(17)18)13(10(2)14(9)16)11-6-4-3-5-7-11/h3-7,9-10,12-13H,8H2,1-2H3. The molecule has 4 heteroatoms. The molecular formula is C14H17NO3. The van der Waals surface area contributed by atoms with Gasteiger partial charge in [-0.1, -0.05) is 44.2 Å². The van der Waals surface area contributed by atoms with Crippen LogP contribution >= 0.6 is 0 Å². The van der Waals surface area contributed by atoms with E-state index < -0.39 is 6.04 Å². The number of hydrogen-bond acceptors (Lipinski definition) is 3. The third-order valence-corrected chi connectivity index (χ3v) is 3.94. The lowest BCUT2D eigenvalue weighted by molar-refractivity contribution is -0.531. The Kier molecular flexibility index (Phi) is 3.45. The van der Waals surface area contributed by atoms with E-state index in [0.29, 0.717) is 6.42 Å². The summed E-state index contributed by atoms with van der Waals surface area (Å²) in [4.78, 5) is 23.1. The van der Waals surface area contributed by atoms with Crippen molar-refractivity contribution in [2.24, 2.45) is 11.8 Å². The lowest BCUT2D eigenvalue weighted by Gasteiger charge is -2.33. The van der Waals surface area contributed by atoms with Crippen molar-refractivity contribution in [3.63, 3.8) is 0 Å². The Bertz CT molecular complexity index is 457. The lowest BCUT2D eigenvalue weighted by Crippen LogP contribution is -2.43. The number of ketones is 1. The molecule has 1 saturated carbocycles. The van der Waals surface area contributed by atoms with Crippen molar-refractivity contribution in [2.75, 3.05) is 0 Å². The number of carbonyl (C=O) groups excluding carboxylic acids is 1. The lowest BCUT2D eigenvalue weighted by atomic mass is 9.69. The van der Waals surface area contributed by atoms with Crippen molar-refractivity contribution in [2.45, 2.75) is 32.2 Å². The number of hydrogen-bond donors (Lipinski definition) is 0. The van der Waals surface area contributed by atoms with E-state index in [2.05, 4.69) is 0 Å². The van der Waals surface area contributed by atoms with Crippen LogP contribution < -0.4 is 0 Å². The molecule has 1 fully saturated rings. The van der Waals surface area contributed by atoms with Gasteiger partial charge in [0.1, 0.15) is 5.78 Å². The Morgan fingerprint density at radius 2 is 1.83 bits per heavy atom. The maximum atomic E-state index is 12.1. The number of nitro groups is 1. The van der Waals surface area contributed by atoms with Gasteiger partial charge in [0.25, 0.3) is 0 Å². The van der Waals surface area contributed by atoms with Gasteiger partial charge >= 0.3 is 0 Å². The quantitative estimate of drug-likeness (QED) is 0.596. The maximum absolute atomic E-state index is 12.1.